The third-order valence-corrected chi connectivity index (χ3v) is 4.63. The summed E-state index contributed by atoms with van der Waals surface area (Å²) in [6.07, 6.45) is 1.33. The molecule has 1 aliphatic heterocycles. The van der Waals surface area contributed by atoms with Crippen molar-refractivity contribution >= 4 is 11.9 Å². The van der Waals surface area contributed by atoms with E-state index in [1.165, 1.54) is 18.2 Å². The summed E-state index contributed by atoms with van der Waals surface area (Å²) in [5.41, 5.74) is 0.00118. The Labute approximate surface area is 126 Å². The zero-order valence-electron chi connectivity index (χ0n) is 12.0. The zero-order valence-corrected chi connectivity index (χ0v) is 12.0. The molecule has 6 heteroatoms. The second kappa shape index (κ2) is 5.66. The minimum Gasteiger partial charge on any atom is -0.481 e. The van der Waals surface area contributed by atoms with Gasteiger partial charge in [-0.05, 0) is 31.4 Å². The Hall–Kier alpha value is -1.98. The van der Waals surface area contributed by atoms with Crippen LogP contribution in [-0.2, 0) is 9.59 Å². The number of hydrogen-bond acceptors (Lipinski definition) is 2. The number of benzene rings is 1. The molecule has 118 valence electrons. The summed E-state index contributed by atoms with van der Waals surface area (Å²) < 4.78 is 27.5. The molecular formula is C16H17F2NO3. The van der Waals surface area contributed by atoms with Crippen molar-refractivity contribution < 1.29 is 23.5 Å². The van der Waals surface area contributed by atoms with E-state index < -0.39 is 29.4 Å². The SMILES string of the molecule is O=C(O)C1CCN(C(=O)C2CC2c2c(F)cccc2F)CC1. The van der Waals surface area contributed by atoms with Gasteiger partial charge < -0.3 is 10.0 Å². The van der Waals surface area contributed by atoms with Crippen LogP contribution in [0.25, 0.3) is 0 Å². The number of carbonyl (C=O) groups is 2. The fourth-order valence-electron chi connectivity index (χ4n) is 3.23. The van der Waals surface area contributed by atoms with Crippen LogP contribution in [-0.4, -0.2) is 35.0 Å². The highest BCUT2D eigenvalue weighted by atomic mass is 19.1. The Morgan fingerprint density at radius 3 is 2.27 bits per heavy atom. The molecule has 2 unspecified atom stereocenters. The number of aliphatic carboxylic acids is 1. The van der Waals surface area contributed by atoms with E-state index in [4.69, 9.17) is 5.11 Å². The number of halogens is 2. The largest absolute Gasteiger partial charge is 0.481 e. The molecule has 1 amide bonds. The summed E-state index contributed by atoms with van der Waals surface area (Å²) in [6.45, 7) is 0.803. The van der Waals surface area contributed by atoms with Crippen molar-refractivity contribution in [3.8, 4) is 0 Å². The summed E-state index contributed by atoms with van der Waals surface area (Å²) >= 11 is 0. The highest BCUT2D eigenvalue weighted by molar-refractivity contribution is 5.83. The van der Waals surface area contributed by atoms with Crippen LogP contribution in [0.3, 0.4) is 0 Å². The first kappa shape index (κ1) is 14.9. The Kier molecular flexibility index (Phi) is 3.85. The van der Waals surface area contributed by atoms with Crippen molar-refractivity contribution in [2.75, 3.05) is 13.1 Å². The Morgan fingerprint density at radius 1 is 1.14 bits per heavy atom. The van der Waals surface area contributed by atoms with Crippen LogP contribution >= 0.6 is 0 Å². The lowest BCUT2D eigenvalue weighted by atomic mass is 9.96. The topological polar surface area (TPSA) is 57.6 Å². The van der Waals surface area contributed by atoms with Gasteiger partial charge in [0.05, 0.1) is 5.92 Å². The van der Waals surface area contributed by atoms with E-state index in [2.05, 4.69) is 0 Å². The molecule has 2 fully saturated rings. The van der Waals surface area contributed by atoms with Gasteiger partial charge in [0.2, 0.25) is 5.91 Å². The summed E-state index contributed by atoms with van der Waals surface area (Å²) in [5, 5.41) is 8.95. The molecule has 22 heavy (non-hydrogen) atoms. The number of carboxylic acids is 1. The lowest BCUT2D eigenvalue weighted by Crippen LogP contribution is -2.41. The predicted molar refractivity (Wildman–Crippen MR) is 74.1 cm³/mol. The first-order chi connectivity index (χ1) is 10.5. The molecule has 0 spiro atoms. The second-order valence-corrected chi connectivity index (χ2v) is 6.02. The Morgan fingerprint density at radius 2 is 1.73 bits per heavy atom. The number of piperidine rings is 1. The van der Waals surface area contributed by atoms with E-state index in [0.29, 0.717) is 32.4 Å². The lowest BCUT2D eigenvalue weighted by Gasteiger charge is -2.30. The van der Waals surface area contributed by atoms with Gasteiger partial charge in [-0.3, -0.25) is 9.59 Å². The summed E-state index contributed by atoms with van der Waals surface area (Å²) in [7, 11) is 0. The Balaban J connectivity index is 1.63. The molecule has 1 saturated carbocycles. The van der Waals surface area contributed by atoms with Gasteiger partial charge in [-0.15, -0.1) is 0 Å². The molecule has 3 rings (SSSR count). The van der Waals surface area contributed by atoms with Gasteiger partial charge >= 0.3 is 5.97 Å². The quantitative estimate of drug-likeness (QED) is 0.932. The number of nitrogens with zero attached hydrogens (tertiary/aromatic N) is 1. The van der Waals surface area contributed by atoms with E-state index in [1.54, 1.807) is 4.90 Å². The summed E-state index contributed by atoms with van der Waals surface area (Å²) in [5.74, 6) is -3.34. The third kappa shape index (κ3) is 2.69. The molecule has 0 aromatic heterocycles. The minimum atomic E-state index is -0.829. The zero-order chi connectivity index (χ0) is 15.9. The van der Waals surface area contributed by atoms with Gasteiger partial charge in [-0.25, -0.2) is 8.78 Å². The molecule has 1 N–H and O–H groups in total. The van der Waals surface area contributed by atoms with Crippen LogP contribution in [0.4, 0.5) is 8.78 Å². The summed E-state index contributed by atoms with van der Waals surface area (Å²) in [6, 6.07) is 3.72. The third-order valence-electron chi connectivity index (χ3n) is 4.63. The molecule has 1 heterocycles. The monoisotopic (exact) mass is 309 g/mol. The van der Waals surface area contributed by atoms with E-state index in [-0.39, 0.29) is 17.4 Å². The number of carboxylic acid groups (broad SMARTS) is 1. The van der Waals surface area contributed by atoms with Crippen molar-refractivity contribution in [3.63, 3.8) is 0 Å². The summed E-state index contributed by atoms with van der Waals surface area (Å²) in [4.78, 5) is 24.9. The number of rotatable bonds is 3. The average molecular weight is 309 g/mol. The van der Waals surface area contributed by atoms with Crippen LogP contribution in [0.2, 0.25) is 0 Å². The second-order valence-electron chi connectivity index (χ2n) is 6.02. The van der Waals surface area contributed by atoms with E-state index >= 15 is 0 Å². The minimum absolute atomic E-state index is 0.00118. The van der Waals surface area contributed by atoms with Gasteiger partial charge in [-0.2, -0.15) is 0 Å². The van der Waals surface area contributed by atoms with Crippen LogP contribution in [0.5, 0.6) is 0 Å². The molecule has 2 aliphatic rings. The van der Waals surface area contributed by atoms with Gasteiger partial charge in [0, 0.05) is 30.5 Å². The van der Waals surface area contributed by atoms with E-state index in [0.717, 1.165) is 0 Å². The van der Waals surface area contributed by atoms with E-state index in [9.17, 15) is 18.4 Å². The number of amides is 1. The van der Waals surface area contributed by atoms with Crippen molar-refractivity contribution in [2.24, 2.45) is 11.8 Å². The predicted octanol–water partition coefficient (Wildman–Crippen LogP) is 2.39. The van der Waals surface area contributed by atoms with E-state index in [1.807, 2.05) is 0 Å². The molecule has 4 nitrogen and oxygen atoms in total. The molecule has 1 aliphatic carbocycles. The maximum Gasteiger partial charge on any atom is 0.306 e. The molecule has 0 radical (unpaired) electrons. The van der Waals surface area contributed by atoms with Crippen LogP contribution in [0, 0.1) is 23.5 Å². The maximum absolute atomic E-state index is 13.7. The fourth-order valence-corrected chi connectivity index (χ4v) is 3.23. The van der Waals surface area contributed by atoms with Crippen molar-refractivity contribution in [3.05, 3.63) is 35.4 Å². The maximum atomic E-state index is 13.7. The van der Waals surface area contributed by atoms with Crippen LogP contribution in [0.15, 0.2) is 18.2 Å². The number of likely N-dealkylation sites (tertiary alicyclic amines) is 1. The number of carbonyl (C=O) groups excluding carboxylic acids is 1. The van der Waals surface area contributed by atoms with Crippen molar-refractivity contribution in [1.82, 2.24) is 4.90 Å². The average Bonchev–Trinajstić information content (AvgIpc) is 3.26. The normalized spacial score (nSPS) is 25.1. The molecular weight excluding hydrogens is 292 g/mol. The van der Waals surface area contributed by atoms with Gasteiger partial charge in [0.1, 0.15) is 11.6 Å². The smallest absolute Gasteiger partial charge is 0.306 e. The molecule has 0 bridgehead atoms. The van der Waals surface area contributed by atoms with Crippen molar-refractivity contribution in [2.45, 2.75) is 25.2 Å². The molecule has 1 aromatic rings. The van der Waals surface area contributed by atoms with Crippen LogP contribution < -0.4 is 0 Å². The molecule has 2 atom stereocenters. The highest BCUT2D eigenvalue weighted by Gasteiger charge is 2.48. The van der Waals surface area contributed by atoms with Gasteiger partial charge in [0.15, 0.2) is 0 Å². The van der Waals surface area contributed by atoms with Crippen LogP contribution in [0.1, 0.15) is 30.7 Å². The molecule has 1 aromatic carbocycles. The molecule has 1 saturated heterocycles. The van der Waals surface area contributed by atoms with Gasteiger partial charge in [-0.1, -0.05) is 6.07 Å². The van der Waals surface area contributed by atoms with Gasteiger partial charge in [0.25, 0.3) is 0 Å². The first-order valence-corrected chi connectivity index (χ1v) is 7.44. The number of hydrogen-bond donors (Lipinski definition) is 1. The Bertz CT molecular complexity index is 591. The first-order valence-electron chi connectivity index (χ1n) is 7.44. The standard InChI is InChI=1S/C16H17F2NO3/c17-12-2-1-3-13(18)14(12)10-8-11(10)15(20)19-6-4-9(5-7-19)16(21)22/h1-3,9-11H,4-8H2,(H,21,22). The lowest BCUT2D eigenvalue weighted by molar-refractivity contribution is -0.146. The van der Waals surface area contributed by atoms with Crippen molar-refractivity contribution in [1.29, 1.82) is 0 Å². The highest BCUT2D eigenvalue weighted by Crippen LogP contribution is 2.50. The fraction of sp³-hybridized carbons (Fsp3) is 0.500.